The fourth-order valence-corrected chi connectivity index (χ4v) is 3.79. The van der Waals surface area contributed by atoms with Crippen LogP contribution >= 0.6 is 11.6 Å². The van der Waals surface area contributed by atoms with Crippen molar-refractivity contribution in [2.45, 2.75) is 24.3 Å². The van der Waals surface area contributed by atoms with E-state index in [9.17, 15) is 8.42 Å². The number of nitrogens with one attached hydrogen (secondary N) is 1. The SMILES string of the molecule is COc1ccc(S(=O)(=O)NC(C)(C)c2ccncc2)cc1Cl. The maximum Gasteiger partial charge on any atom is 0.241 e. The van der Waals surface area contributed by atoms with E-state index in [0.717, 1.165) is 5.56 Å². The molecular formula is C15H17ClN2O3S. The summed E-state index contributed by atoms with van der Waals surface area (Å²) in [5, 5.41) is 0.243. The summed E-state index contributed by atoms with van der Waals surface area (Å²) in [6.45, 7) is 3.57. The van der Waals surface area contributed by atoms with E-state index in [-0.39, 0.29) is 9.92 Å². The number of aromatic nitrogens is 1. The molecule has 118 valence electrons. The molecule has 0 aliphatic heterocycles. The molecule has 0 spiro atoms. The molecule has 1 aromatic heterocycles. The van der Waals surface area contributed by atoms with E-state index in [1.807, 2.05) is 0 Å². The quantitative estimate of drug-likeness (QED) is 0.908. The number of ether oxygens (including phenoxy) is 1. The van der Waals surface area contributed by atoms with Crippen molar-refractivity contribution in [1.82, 2.24) is 9.71 Å². The first-order valence-corrected chi connectivity index (χ1v) is 8.40. The fraction of sp³-hybridized carbons (Fsp3) is 0.267. The second-order valence-electron chi connectivity index (χ2n) is 5.26. The van der Waals surface area contributed by atoms with Crippen LogP contribution in [0.3, 0.4) is 0 Å². The highest BCUT2D eigenvalue weighted by atomic mass is 35.5. The Bertz CT molecular complexity index is 762. The number of rotatable bonds is 5. The molecule has 0 saturated heterocycles. The van der Waals surface area contributed by atoms with Gasteiger partial charge in [0.15, 0.2) is 0 Å². The standard InChI is InChI=1S/C15H17ClN2O3S/c1-15(2,11-6-8-17-9-7-11)18-22(19,20)12-4-5-14(21-3)13(16)10-12/h4-10,18H,1-3H3. The average Bonchev–Trinajstić information content (AvgIpc) is 2.47. The van der Waals surface area contributed by atoms with Crippen molar-refractivity contribution < 1.29 is 13.2 Å². The zero-order valence-corrected chi connectivity index (χ0v) is 14.1. The first kappa shape index (κ1) is 16.7. The van der Waals surface area contributed by atoms with E-state index >= 15 is 0 Å². The van der Waals surface area contributed by atoms with Gasteiger partial charge in [0.1, 0.15) is 5.75 Å². The Morgan fingerprint density at radius 3 is 2.36 bits per heavy atom. The lowest BCUT2D eigenvalue weighted by molar-refractivity contribution is 0.414. The highest BCUT2D eigenvalue weighted by molar-refractivity contribution is 7.89. The Balaban J connectivity index is 2.33. The maximum atomic E-state index is 12.5. The molecule has 0 aliphatic rings. The predicted octanol–water partition coefficient (Wildman–Crippen LogP) is 2.96. The Kier molecular flexibility index (Phi) is 4.75. The van der Waals surface area contributed by atoms with Crippen LogP contribution in [0.1, 0.15) is 19.4 Å². The molecule has 0 amide bonds. The summed E-state index contributed by atoms with van der Waals surface area (Å²) in [6, 6.07) is 7.88. The lowest BCUT2D eigenvalue weighted by Crippen LogP contribution is -2.40. The van der Waals surface area contributed by atoms with Crippen LogP contribution < -0.4 is 9.46 Å². The number of nitrogens with zero attached hydrogens (tertiary/aromatic N) is 1. The van der Waals surface area contributed by atoms with Gasteiger partial charge in [-0.1, -0.05) is 11.6 Å². The third kappa shape index (κ3) is 3.58. The molecule has 2 rings (SSSR count). The third-order valence-electron chi connectivity index (χ3n) is 3.23. The number of methoxy groups -OCH3 is 1. The molecule has 0 atom stereocenters. The van der Waals surface area contributed by atoms with Crippen LogP contribution in [-0.2, 0) is 15.6 Å². The monoisotopic (exact) mass is 340 g/mol. The summed E-state index contributed by atoms with van der Waals surface area (Å²) < 4.78 is 32.8. The first-order valence-electron chi connectivity index (χ1n) is 6.54. The van der Waals surface area contributed by atoms with E-state index in [1.165, 1.54) is 25.3 Å². The van der Waals surface area contributed by atoms with E-state index in [2.05, 4.69) is 9.71 Å². The molecule has 7 heteroatoms. The van der Waals surface area contributed by atoms with Gasteiger partial charge in [0, 0.05) is 12.4 Å². The smallest absolute Gasteiger partial charge is 0.241 e. The number of halogens is 1. The Labute approximate surface area is 135 Å². The lowest BCUT2D eigenvalue weighted by Gasteiger charge is -2.26. The van der Waals surface area contributed by atoms with Crippen molar-refractivity contribution in [1.29, 1.82) is 0 Å². The normalized spacial score (nSPS) is 12.2. The van der Waals surface area contributed by atoms with Crippen LogP contribution in [0.2, 0.25) is 5.02 Å². The van der Waals surface area contributed by atoms with Gasteiger partial charge in [-0.25, -0.2) is 13.1 Å². The van der Waals surface area contributed by atoms with Gasteiger partial charge in [0.2, 0.25) is 10.0 Å². The van der Waals surface area contributed by atoms with Crippen molar-refractivity contribution in [3.8, 4) is 5.75 Å². The van der Waals surface area contributed by atoms with Crippen molar-refractivity contribution >= 4 is 21.6 Å². The van der Waals surface area contributed by atoms with Crippen molar-refractivity contribution in [2.75, 3.05) is 7.11 Å². The molecule has 1 aromatic carbocycles. The Morgan fingerprint density at radius 2 is 1.82 bits per heavy atom. The second kappa shape index (κ2) is 6.24. The number of hydrogen-bond donors (Lipinski definition) is 1. The maximum absolute atomic E-state index is 12.5. The third-order valence-corrected chi connectivity index (χ3v) is 5.17. The number of hydrogen-bond acceptors (Lipinski definition) is 4. The zero-order valence-electron chi connectivity index (χ0n) is 12.5. The molecule has 1 heterocycles. The van der Waals surface area contributed by atoms with Crippen LogP contribution in [0.25, 0.3) is 0 Å². The number of pyridine rings is 1. The van der Waals surface area contributed by atoms with Gasteiger partial charge in [-0.05, 0) is 49.7 Å². The fourth-order valence-electron chi connectivity index (χ4n) is 2.04. The predicted molar refractivity (Wildman–Crippen MR) is 85.6 cm³/mol. The molecule has 0 aliphatic carbocycles. The number of benzene rings is 1. The molecule has 0 radical (unpaired) electrons. The molecule has 22 heavy (non-hydrogen) atoms. The van der Waals surface area contributed by atoms with Gasteiger partial charge >= 0.3 is 0 Å². The van der Waals surface area contributed by atoms with Crippen LogP contribution in [0.5, 0.6) is 5.75 Å². The molecular weight excluding hydrogens is 324 g/mol. The zero-order chi connectivity index (χ0) is 16.4. The molecule has 5 nitrogen and oxygen atoms in total. The van der Waals surface area contributed by atoms with Gasteiger partial charge in [-0.3, -0.25) is 4.98 Å². The van der Waals surface area contributed by atoms with Crippen molar-refractivity contribution in [2.24, 2.45) is 0 Å². The lowest BCUT2D eigenvalue weighted by atomic mass is 9.97. The van der Waals surface area contributed by atoms with Gasteiger partial charge < -0.3 is 4.74 Å². The largest absolute Gasteiger partial charge is 0.495 e. The summed E-state index contributed by atoms with van der Waals surface area (Å²) in [5.74, 6) is 0.425. The Hall–Kier alpha value is -1.63. The van der Waals surface area contributed by atoms with Gasteiger partial charge in [-0.15, -0.1) is 0 Å². The molecule has 0 fully saturated rings. The molecule has 2 aromatic rings. The van der Waals surface area contributed by atoms with Crippen LogP contribution in [0.15, 0.2) is 47.6 Å². The van der Waals surface area contributed by atoms with Crippen LogP contribution in [-0.4, -0.2) is 20.5 Å². The van der Waals surface area contributed by atoms with Gasteiger partial charge in [-0.2, -0.15) is 0 Å². The van der Waals surface area contributed by atoms with Gasteiger partial charge in [0.05, 0.1) is 22.6 Å². The molecule has 1 N–H and O–H groups in total. The minimum Gasteiger partial charge on any atom is -0.495 e. The van der Waals surface area contributed by atoms with E-state index < -0.39 is 15.6 Å². The summed E-state index contributed by atoms with van der Waals surface area (Å²) >= 11 is 6.00. The van der Waals surface area contributed by atoms with Crippen LogP contribution in [0, 0.1) is 0 Å². The summed E-state index contributed by atoms with van der Waals surface area (Å²) in [6.07, 6.45) is 3.24. The van der Waals surface area contributed by atoms with Crippen molar-refractivity contribution in [3.63, 3.8) is 0 Å². The minimum atomic E-state index is -3.72. The van der Waals surface area contributed by atoms with E-state index in [4.69, 9.17) is 16.3 Å². The second-order valence-corrected chi connectivity index (χ2v) is 7.35. The minimum absolute atomic E-state index is 0.0837. The highest BCUT2D eigenvalue weighted by Gasteiger charge is 2.28. The van der Waals surface area contributed by atoms with E-state index in [1.54, 1.807) is 38.4 Å². The number of sulfonamides is 1. The highest BCUT2D eigenvalue weighted by Crippen LogP contribution is 2.28. The summed E-state index contributed by atoms with van der Waals surface area (Å²) in [4.78, 5) is 4.02. The summed E-state index contributed by atoms with van der Waals surface area (Å²) in [7, 11) is -2.25. The van der Waals surface area contributed by atoms with Crippen molar-refractivity contribution in [3.05, 3.63) is 53.3 Å². The molecule has 0 saturated carbocycles. The first-order chi connectivity index (χ1) is 10.3. The molecule has 0 unspecified atom stereocenters. The van der Waals surface area contributed by atoms with Crippen LogP contribution in [0.4, 0.5) is 0 Å². The van der Waals surface area contributed by atoms with E-state index in [0.29, 0.717) is 5.75 Å². The summed E-state index contributed by atoms with van der Waals surface area (Å²) in [5.41, 5.74) is 0.0273. The van der Waals surface area contributed by atoms with Gasteiger partial charge in [0.25, 0.3) is 0 Å². The average molecular weight is 341 g/mol. The Morgan fingerprint density at radius 1 is 1.18 bits per heavy atom. The molecule has 0 bridgehead atoms. The topological polar surface area (TPSA) is 68.3 Å².